The topological polar surface area (TPSA) is 26.3 Å². The van der Waals surface area contributed by atoms with Gasteiger partial charge in [0.25, 0.3) is 0 Å². The second kappa shape index (κ2) is 11.4. The van der Waals surface area contributed by atoms with E-state index >= 15 is 0 Å². The molecular formula is C28H34F2O2. The Morgan fingerprint density at radius 1 is 1.00 bits per heavy atom. The van der Waals surface area contributed by atoms with Crippen molar-refractivity contribution in [3.63, 3.8) is 0 Å². The van der Waals surface area contributed by atoms with Crippen LogP contribution in [0.3, 0.4) is 0 Å². The van der Waals surface area contributed by atoms with Crippen molar-refractivity contribution < 1.29 is 18.3 Å². The molecule has 1 fully saturated rings. The number of rotatable bonds is 9. The number of carbonyl (C=O) groups is 1. The number of hydrogen-bond acceptors (Lipinski definition) is 2. The molecule has 1 aliphatic rings. The average molecular weight is 441 g/mol. The van der Waals surface area contributed by atoms with E-state index in [4.69, 9.17) is 4.74 Å². The van der Waals surface area contributed by atoms with Gasteiger partial charge in [0, 0.05) is 16.7 Å². The molecule has 3 rings (SSSR count). The predicted molar refractivity (Wildman–Crippen MR) is 125 cm³/mol. The van der Waals surface area contributed by atoms with Gasteiger partial charge in [0.05, 0.1) is 0 Å². The first-order valence-electron chi connectivity index (χ1n) is 11.8. The molecule has 0 N–H and O–H groups in total. The minimum atomic E-state index is -0.984. The lowest BCUT2D eigenvalue weighted by Gasteiger charge is -2.29. The maximum Gasteiger partial charge on any atom is 0.333 e. The smallest absolute Gasteiger partial charge is 0.333 e. The van der Waals surface area contributed by atoms with Crippen molar-refractivity contribution in [3.8, 4) is 11.1 Å². The molecule has 0 atom stereocenters. The Morgan fingerprint density at radius 3 is 2.31 bits per heavy atom. The van der Waals surface area contributed by atoms with Gasteiger partial charge in [-0.2, -0.15) is 0 Å². The molecule has 0 bridgehead atoms. The van der Waals surface area contributed by atoms with E-state index in [1.54, 1.807) is 6.07 Å². The lowest BCUT2D eigenvalue weighted by molar-refractivity contribution is -0.140. The minimum absolute atomic E-state index is 0.00756. The molecule has 172 valence electrons. The molecule has 0 aliphatic heterocycles. The Labute approximate surface area is 190 Å². The molecule has 0 spiro atoms. The number of benzene rings is 2. The maximum atomic E-state index is 14.7. The van der Waals surface area contributed by atoms with Gasteiger partial charge in [0.2, 0.25) is 0 Å². The van der Waals surface area contributed by atoms with E-state index in [0.29, 0.717) is 11.5 Å². The SMILES string of the molecule is C=C(C)C(=O)OCc1ccc(-c2ccc(C3CCC(CCCCC)CC3)cc2)c(F)c1F. The number of unbranched alkanes of at least 4 members (excludes halogenated alkanes) is 2. The van der Waals surface area contributed by atoms with Crippen LogP contribution in [0, 0.1) is 17.6 Å². The Kier molecular flexibility index (Phi) is 8.60. The van der Waals surface area contributed by atoms with Gasteiger partial charge in [-0.05, 0) is 55.6 Å². The van der Waals surface area contributed by atoms with Crippen LogP contribution in [0.25, 0.3) is 11.1 Å². The van der Waals surface area contributed by atoms with Crippen LogP contribution >= 0.6 is 0 Å². The number of ether oxygens (including phenoxy) is 1. The first kappa shape index (κ1) is 24.2. The van der Waals surface area contributed by atoms with E-state index < -0.39 is 17.6 Å². The van der Waals surface area contributed by atoms with E-state index in [9.17, 15) is 13.6 Å². The van der Waals surface area contributed by atoms with Gasteiger partial charge in [0.15, 0.2) is 11.6 Å². The van der Waals surface area contributed by atoms with E-state index in [1.807, 2.05) is 12.1 Å². The molecule has 0 amide bonds. The van der Waals surface area contributed by atoms with Crippen LogP contribution in [0.15, 0.2) is 48.6 Å². The number of hydrogen-bond donors (Lipinski definition) is 0. The Bertz CT molecular complexity index is 925. The molecule has 0 aromatic heterocycles. The molecule has 2 aromatic rings. The molecule has 0 saturated heterocycles. The van der Waals surface area contributed by atoms with Gasteiger partial charge in [-0.3, -0.25) is 0 Å². The summed E-state index contributed by atoms with van der Waals surface area (Å²) < 4.78 is 34.2. The Hall–Kier alpha value is -2.49. The zero-order chi connectivity index (χ0) is 23.1. The fourth-order valence-corrected chi connectivity index (χ4v) is 4.59. The van der Waals surface area contributed by atoms with Crippen LogP contribution in [0.1, 0.15) is 82.3 Å². The molecule has 0 radical (unpaired) electrons. The second-order valence-corrected chi connectivity index (χ2v) is 9.09. The highest BCUT2D eigenvalue weighted by Crippen LogP contribution is 2.38. The van der Waals surface area contributed by atoms with Crippen LogP contribution < -0.4 is 0 Å². The predicted octanol–water partition coefficient (Wildman–Crippen LogP) is 8.11. The molecule has 2 aromatic carbocycles. The van der Waals surface area contributed by atoms with Crippen molar-refractivity contribution in [2.24, 2.45) is 5.92 Å². The lowest BCUT2D eigenvalue weighted by Crippen LogP contribution is -2.13. The monoisotopic (exact) mass is 440 g/mol. The van der Waals surface area contributed by atoms with Gasteiger partial charge in [-0.15, -0.1) is 0 Å². The second-order valence-electron chi connectivity index (χ2n) is 9.09. The lowest BCUT2D eigenvalue weighted by atomic mass is 9.77. The molecule has 0 heterocycles. The third kappa shape index (κ3) is 6.05. The highest BCUT2D eigenvalue weighted by atomic mass is 19.2. The van der Waals surface area contributed by atoms with Crippen molar-refractivity contribution in [2.75, 3.05) is 0 Å². The van der Waals surface area contributed by atoms with Crippen molar-refractivity contribution >= 4 is 5.97 Å². The molecule has 4 heteroatoms. The molecule has 2 nitrogen and oxygen atoms in total. The van der Waals surface area contributed by atoms with Crippen LogP contribution in [-0.2, 0) is 16.1 Å². The Balaban J connectivity index is 1.63. The fraction of sp³-hybridized carbons (Fsp3) is 0.464. The number of esters is 1. The van der Waals surface area contributed by atoms with Crippen molar-refractivity contribution in [2.45, 2.75) is 77.7 Å². The van der Waals surface area contributed by atoms with E-state index in [-0.39, 0.29) is 23.3 Å². The van der Waals surface area contributed by atoms with Crippen LogP contribution in [0.2, 0.25) is 0 Å². The summed E-state index contributed by atoms with van der Waals surface area (Å²) in [6, 6.07) is 10.9. The summed E-state index contributed by atoms with van der Waals surface area (Å²) in [4.78, 5) is 11.5. The van der Waals surface area contributed by atoms with Gasteiger partial charge < -0.3 is 4.74 Å². The molecule has 1 saturated carbocycles. The van der Waals surface area contributed by atoms with Crippen molar-refractivity contribution in [1.29, 1.82) is 0 Å². The molecular weight excluding hydrogens is 406 g/mol. The highest BCUT2D eigenvalue weighted by molar-refractivity contribution is 5.86. The summed E-state index contributed by atoms with van der Waals surface area (Å²) in [7, 11) is 0. The van der Waals surface area contributed by atoms with Gasteiger partial charge in [-0.1, -0.05) is 75.6 Å². The summed E-state index contributed by atoms with van der Waals surface area (Å²) in [6.45, 7) is 6.91. The van der Waals surface area contributed by atoms with E-state index in [2.05, 4.69) is 25.6 Å². The van der Waals surface area contributed by atoms with Crippen molar-refractivity contribution in [3.05, 3.63) is 71.3 Å². The van der Waals surface area contributed by atoms with E-state index in [1.165, 1.54) is 69.9 Å². The fourth-order valence-electron chi connectivity index (χ4n) is 4.59. The average Bonchev–Trinajstić information content (AvgIpc) is 2.80. The number of carbonyl (C=O) groups excluding carboxylic acids is 1. The molecule has 32 heavy (non-hydrogen) atoms. The molecule has 0 unspecified atom stereocenters. The van der Waals surface area contributed by atoms with Crippen LogP contribution in [0.4, 0.5) is 8.78 Å². The first-order valence-corrected chi connectivity index (χ1v) is 11.8. The number of halogens is 2. The third-order valence-electron chi connectivity index (χ3n) is 6.63. The summed E-state index contributed by atoms with van der Waals surface area (Å²) in [5.41, 5.74) is 2.36. The molecule has 1 aliphatic carbocycles. The van der Waals surface area contributed by atoms with Gasteiger partial charge in [0.1, 0.15) is 6.61 Å². The Morgan fingerprint density at radius 2 is 1.69 bits per heavy atom. The zero-order valence-electron chi connectivity index (χ0n) is 19.3. The quantitative estimate of drug-likeness (QED) is 0.224. The summed E-state index contributed by atoms with van der Waals surface area (Å²) in [5.74, 6) is -1.11. The van der Waals surface area contributed by atoms with E-state index in [0.717, 1.165) is 5.92 Å². The minimum Gasteiger partial charge on any atom is -0.457 e. The zero-order valence-corrected chi connectivity index (χ0v) is 19.3. The third-order valence-corrected chi connectivity index (χ3v) is 6.63. The standard InChI is InChI=1S/C28H34F2O2/c1-4-5-6-7-20-8-10-21(11-9-20)22-12-14-23(15-13-22)25-17-16-24(26(29)27(25)30)18-32-28(31)19(2)3/h12-17,20-21H,2,4-11,18H2,1,3H3. The highest BCUT2D eigenvalue weighted by Gasteiger charge is 2.22. The summed E-state index contributed by atoms with van der Waals surface area (Å²) in [6.07, 6.45) is 10.3. The van der Waals surface area contributed by atoms with Gasteiger partial charge in [-0.25, -0.2) is 13.6 Å². The summed E-state index contributed by atoms with van der Waals surface area (Å²) >= 11 is 0. The summed E-state index contributed by atoms with van der Waals surface area (Å²) in [5, 5.41) is 0. The largest absolute Gasteiger partial charge is 0.457 e. The van der Waals surface area contributed by atoms with Crippen LogP contribution in [-0.4, -0.2) is 5.97 Å². The van der Waals surface area contributed by atoms with Crippen LogP contribution in [0.5, 0.6) is 0 Å². The first-order chi connectivity index (χ1) is 15.4. The maximum absolute atomic E-state index is 14.7. The normalized spacial score (nSPS) is 18.4. The van der Waals surface area contributed by atoms with Gasteiger partial charge >= 0.3 is 5.97 Å². The van der Waals surface area contributed by atoms with Crippen molar-refractivity contribution in [1.82, 2.24) is 0 Å².